The van der Waals surface area contributed by atoms with Gasteiger partial charge in [0.15, 0.2) is 5.82 Å². The number of benzene rings is 1. The molecule has 2 N–H and O–H groups in total. The van der Waals surface area contributed by atoms with E-state index in [9.17, 15) is 5.11 Å². The molecule has 1 aliphatic rings. The largest absolute Gasteiger partial charge is 0.384 e. The zero-order chi connectivity index (χ0) is 15.9. The molecule has 118 valence electrons. The number of thiophene rings is 1. The summed E-state index contributed by atoms with van der Waals surface area (Å²) in [5, 5.41) is 20.8. The Morgan fingerprint density at radius 3 is 2.83 bits per heavy atom. The highest BCUT2D eigenvalue weighted by Gasteiger charge is 2.46. The van der Waals surface area contributed by atoms with Gasteiger partial charge < -0.3 is 5.11 Å². The van der Waals surface area contributed by atoms with Gasteiger partial charge in [-0.15, -0.1) is 11.3 Å². The first-order valence-electron chi connectivity index (χ1n) is 7.58. The van der Waals surface area contributed by atoms with Crippen LogP contribution in [0.1, 0.15) is 24.2 Å². The van der Waals surface area contributed by atoms with E-state index in [1.165, 1.54) is 11.2 Å². The molecule has 4 nitrogen and oxygen atoms in total. The Morgan fingerprint density at radius 2 is 2.22 bits per heavy atom. The highest BCUT2D eigenvalue weighted by atomic mass is 35.5. The van der Waals surface area contributed by atoms with E-state index >= 15 is 0 Å². The van der Waals surface area contributed by atoms with E-state index in [2.05, 4.69) is 21.2 Å². The van der Waals surface area contributed by atoms with Gasteiger partial charge in [0.1, 0.15) is 11.9 Å². The zero-order valence-corrected chi connectivity index (χ0v) is 13.9. The Bertz CT molecular complexity index is 799. The fourth-order valence-corrected chi connectivity index (χ4v) is 4.11. The van der Waals surface area contributed by atoms with Gasteiger partial charge >= 0.3 is 0 Å². The molecule has 1 unspecified atom stereocenters. The minimum absolute atomic E-state index is 0.214. The summed E-state index contributed by atoms with van der Waals surface area (Å²) in [6, 6.07) is 10.00. The fraction of sp³-hybridized carbons (Fsp3) is 0.294. The molecular weight excluding hydrogens is 330 g/mol. The molecule has 1 fully saturated rings. The SMILES string of the molecule is OC(Cc1nc[nH]n1)(c1ccc(-c2cccs2)cc1Cl)C1CC1. The summed E-state index contributed by atoms with van der Waals surface area (Å²) in [5.41, 5.74) is 0.837. The van der Waals surface area contributed by atoms with Crippen molar-refractivity contribution in [2.75, 3.05) is 0 Å². The van der Waals surface area contributed by atoms with E-state index in [4.69, 9.17) is 11.6 Å². The molecule has 0 saturated heterocycles. The van der Waals surface area contributed by atoms with Crippen molar-refractivity contribution in [1.29, 1.82) is 0 Å². The van der Waals surface area contributed by atoms with Gasteiger partial charge in [0, 0.05) is 21.9 Å². The summed E-state index contributed by atoms with van der Waals surface area (Å²) in [7, 11) is 0. The van der Waals surface area contributed by atoms with Gasteiger partial charge in [-0.2, -0.15) is 5.10 Å². The zero-order valence-electron chi connectivity index (χ0n) is 12.4. The molecule has 2 heterocycles. The molecule has 1 aliphatic carbocycles. The van der Waals surface area contributed by atoms with Crippen LogP contribution in [-0.4, -0.2) is 20.3 Å². The van der Waals surface area contributed by atoms with Crippen molar-refractivity contribution in [2.24, 2.45) is 5.92 Å². The van der Waals surface area contributed by atoms with Crippen LogP contribution >= 0.6 is 22.9 Å². The lowest BCUT2D eigenvalue weighted by atomic mass is 9.85. The van der Waals surface area contributed by atoms with Gasteiger partial charge in [-0.1, -0.05) is 29.8 Å². The molecule has 23 heavy (non-hydrogen) atoms. The monoisotopic (exact) mass is 345 g/mol. The molecule has 2 aromatic heterocycles. The molecular formula is C17H16ClN3OS. The van der Waals surface area contributed by atoms with Crippen LogP contribution in [0.3, 0.4) is 0 Å². The Balaban J connectivity index is 1.72. The second-order valence-corrected chi connectivity index (χ2v) is 7.32. The van der Waals surface area contributed by atoms with Crippen LogP contribution < -0.4 is 0 Å². The maximum atomic E-state index is 11.3. The fourth-order valence-electron chi connectivity index (χ4n) is 3.04. The molecule has 0 aliphatic heterocycles. The van der Waals surface area contributed by atoms with Crippen molar-refractivity contribution >= 4 is 22.9 Å². The number of aromatic amines is 1. The summed E-state index contributed by atoms with van der Waals surface area (Å²) in [6.45, 7) is 0. The highest BCUT2D eigenvalue weighted by molar-refractivity contribution is 7.13. The standard InChI is InChI=1S/C17H16ClN3OS/c18-14-8-11(15-2-1-7-23-15)3-6-13(14)17(22,12-4-5-12)9-16-19-10-20-21-16/h1-3,6-8,10,12,22H,4-5,9H2,(H,19,20,21). The van der Waals surface area contributed by atoms with Gasteiger partial charge in [0.2, 0.25) is 0 Å². The van der Waals surface area contributed by atoms with Gasteiger partial charge in [0.05, 0.1) is 0 Å². The molecule has 1 atom stereocenters. The van der Waals surface area contributed by atoms with Gasteiger partial charge in [0.25, 0.3) is 0 Å². The number of hydrogen-bond acceptors (Lipinski definition) is 4. The third-order valence-electron chi connectivity index (χ3n) is 4.39. The molecule has 1 aromatic carbocycles. The number of H-pyrrole nitrogens is 1. The molecule has 4 rings (SSSR count). The van der Waals surface area contributed by atoms with Crippen molar-refractivity contribution < 1.29 is 5.11 Å². The Kier molecular flexibility index (Phi) is 3.71. The number of halogens is 1. The normalized spacial score (nSPS) is 17.1. The first-order valence-corrected chi connectivity index (χ1v) is 8.83. The number of aromatic nitrogens is 3. The molecule has 6 heteroatoms. The minimum atomic E-state index is -1.01. The number of nitrogens with zero attached hydrogens (tertiary/aromatic N) is 2. The average Bonchev–Trinajstić information content (AvgIpc) is 3.05. The summed E-state index contributed by atoms with van der Waals surface area (Å²) < 4.78 is 0. The number of aliphatic hydroxyl groups is 1. The van der Waals surface area contributed by atoms with E-state index in [1.807, 2.05) is 29.6 Å². The summed E-state index contributed by atoms with van der Waals surface area (Å²) in [4.78, 5) is 5.33. The first-order chi connectivity index (χ1) is 11.2. The predicted octanol–water partition coefficient (Wildman–Crippen LogP) is 4.03. The topological polar surface area (TPSA) is 61.8 Å². The molecule has 3 aromatic rings. The second kappa shape index (κ2) is 5.74. The smallest absolute Gasteiger partial charge is 0.153 e. The third kappa shape index (κ3) is 2.80. The lowest BCUT2D eigenvalue weighted by Gasteiger charge is -2.29. The van der Waals surface area contributed by atoms with Crippen LogP contribution in [0.4, 0.5) is 0 Å². The quantitative estimate of drug-likeness (QED) is 0.734. The van der Waals surface area contributed by atoms with Crippen LogP contribution in [0, 0.1) is 5.92 Å². The summed E-state index contributed by atoms with van der Waals surface area (Å²) in [6.07, 6.45) is 3.91. The van der Waals surface area contributed by atoms with Gasteiger partial charge in [-0.25, -0.2) is 4.98 Å². The van der Waals surface area contributed by atoms with Crippen molar-refractivity contribution in [3.8, 4) is 10.4 Å². The predicted molar refractivity (Wildman–Crippen MR) is 91.5 cm³/mol. The van der Waals surface area contributed by atoms with Crippen molar-refractivity contribution in [2.45, 2.75) is 24.9 Å². The Labute approximate surface area is 143 Å². The molecule has 0 spiro atoms. The van der Waals surface area contributed by atoms with E-state index in [0.717, 1.165) is 24.0 Å². The summed E-state index contributed by atoms with van der Waals surface area (Å²) >= 11 is 8.21. The Morgan fingerprint density at radius 1 is 1.35 bits per heavy atom. The lowest BCUT2D eigenvalue weighted by Crippen LogP contribution is -2.32. The van der Waals surface area contributed by atoms with Crippen LogP contribution in [0.15, 0.2) is 42.0 Å². The minimum Gasteiger partial charge on any atom is -0.384 e. The highest BCUT2D eigenvalue weighted by Crippen LogP contribution is 2.49. The van der Waals surface area contributed by atoms with E-state index in [1.54, 1.807) is 11.3 Å². The van der Waals surface area contributed by atoms with Crippen LogP contribution in [0.2, 0.25) is 5.02 Å². The number of nitrogens with one attached hydrogen (secondary N) is 1. The van der Waals surface area contributed by atoms with Crippen molar-refractivity contribution in [3.05, 3.63) is 58.4 Å². The van der Waals surface area contributed by atoms with Gasteiger partial charge in [-0.05, 0) is 41.8 Å². The number of rotatable bonds is 5. The van der Waals surface area contributed by atoms with E-state index in [-0.39, 0.29) is 5.92 Å². The second-order valence-electron chi connectivity index (χ2n) is 5.96. The first kappa shape index (κ1) is 14.9. The van der Waals surface area contributed by atoms with Crippen LogP contribution in [-0.2, 0) is 12.0 Å². The maximum Gasteiger partial charge on any atom is 0.153 e. The van der Waals surface area contributed by atoms with Crippen LogP contribution in [0.25, 0.3) is 10.4 Å². The molecule has 1 saturated carbocycles. The van der Waals surface area contributed by atoms with E-state index < -0.39 is 5.60 Å². The lowest BCUT2D eigenvalue weighted by molar-refractivity contribution is 0.0114. The third-order valence-corrected chi connectivity index (χ3v) is 5.62. The van der Waals surface area contributed by atoms with Gasteiger partial charge in [-0.3, -0.25) is 5.10 Å². The van der Waals surface area contributed by atoms with Crippen LogP contribution in [0.5, 0.6) is 0 Å². The number of hydrogen-bond donors (Lipinski definition) is 2. The molecule has 0 radical (unpaired) electrons. The molecule has 0 bridgehead atoms. The maximum absolute atomic E-state index is 11.3. The van der Waals surface area contributed by atoms with Crippen molar-refractivity contribution in [3.63, 3.8) is 0 Å². The molecule has 0 amide bonds. The summed E-state index contributed by atoms with van der Waals surface area (Å²) in [5.74, 6) is 0.823. The average molecular weight is 346 g/mol. The van der Waals surface area contributed by atoms with Crippen molar-refractivity contribution in [1.82, 2.24) is 15.2 Å². The Hall–Kier alpha value is -1.69. The van der Waals surface area contributed by atoms with E-state index in [0.29, 0.717) is 17.3 Å².